The minimum absolute atomic E-state index is 0.194. The van der Waals surface area contributed by atoms with Gasteiger partial charge in [-0.3, -0.25) is 4.79 Å². The van der Waals surface area contributed by atoms with Crippen molar-refractivity contribution in [2.45, 2.75) is 13.8 Å². The second-order valence-corrected chi connectivity index (χ2v) is 5.69. The van der Waals surface area contributed by atoms with Crippen LogP contribution >= 0.6 is 11.6 Å². The van der Waals surface area contributed by atoms with Crippen LogP contribution in [-0.2, 0) is 9.59 Å². The molecule has 1 aromatic heterocycles. The van der Waals surface area contributed by atoms with Crippen LogP contribution in [0.15, 0.2) is 60.8 Å². The lowest BCUT2D eigenvalue weighted by atomic mass is 10.2. The van der Waals surface area contributed by atoms with E-state index in [4.69, 9.17) is 21.2 Å². The van der Waals surface area contributed by atoms with E-state index in [1.165, 1.54) is 5.56 Å². The zero-order valence-corrected chi connectivity index (χ0v) is 16.9. The molecular formula is C21H24ClN3O3. The average Bonchev–Trinajstić information content (AvgIpc) is 3.14. The Balaban J connectivity index is 0.000000553. The van der Waals surface area contributed by atoms with Gasteiger partial charge in [0.1, 0.15) is 25.1 Å². The number of imidazole rings is 1. The predicted molar refractivity (Wildman–Crippen MR) is 112 cm³/mol. The highest BCUT2D eigenvalue weighted by Gasteiger charge is 2.11. The number of amides is 1. The molecule has 0 radical (unpaired) electrons. The number of nitrogens with one attached hydrogen (secondary N) is 1. The number of rotatable bonds is 2. The maximum Gasteiger partial charge on any atom is 0.271 e. The topological polar surface area (TPSA) is 81.1 Å². The molecule has 28 heavy (non-hydrogen) atoms. The van der Waals surface area contributed by atoms with Gasteiger partial charge in [0.2, 0.25) is 0 Å². The highest BCUT2D eigenvalue weighted by Crippen LogP contribution is 2.15. The molecule has 0 aliphatic carbocycles. The summed E-state index contributed by atoms with van der Waals surface area (Å²) in [5.41, 5.74) is 2.65. The van der Waals surface area contributed by atoms with Gasteiger partial charge in [-0.15, -0.1) is 0 Å². The summed E-state index contributed by atoms with van der Waals surface area (Å²) >= 11 is 5.83. The molecule has 148 valence electrons. The van der Waals surface area contributed by atoms with Crippen LogP contribution in [0.5, 0.6) is 0 Å². The van der Waals surface area contributed by atoms with Gasteiger partial charge in [0.25, 0.3) is 5.91 Å². The maximum absolute atomic E-state index is 11.5. The molecule has 0 atom stereocenters. The fourth-order valence-corrected chi connectivity index (χ4v) is 2.23. The van der Waals surface area contributed by atoms with E-state index in [2.05, 4.69) is 29.4 Å². The van der Waals surface area contributed by atoms with Gasteiger partial charge in [0.05, 0.1) is 0 Å². The zero-order chi connectivity index (χ0) is 21.5. The van der Waals surface area contributed by atoms with Crippen LogP contribution in [0.1, 0.15) is 21.9 Å². The van der Waals surface area contributed by atoms with Crippen LogP contribution in [0.3, 0.4) is 0 Å². The summed E-state index contributed by atoms with van der Waals surface area (Å²) in [5.74, 6) is 0.562. The first-order chi connectivity index (χ1) is 13.5. The second-order valence-electron chi connectivity index (χ2n) is 5.25. The molecule has 0 unspecified atom stereocenters. The zero-order valence-electron chi connectivity index (χ0n) is 16.2. The minimum Gasteiger partial charge on any atom is -0.354 e. The minimum atomic E-state index is -0.194. The van der Waals surface area contributed by atoms with Gasteiger partial charge in [-0.05, 0) is 38.1 Å². The molecule has 1 N–H and O–H groups in total. The van der Waals surface area contributed by atoms with E-state index in [-0.39, 0.29) is 5.91 Å². The van der Waals surface area contributed by atoms with Crippen molar-refractivity contribution in [2.24, 2.45) is 0 Å². The number of carbonyl (C=O) groups is 3. The van der Waals surface area contributed by atoms with Crippen molar-refractivity contribution in [3.8, 4) is 5.69 Å². The van der Waals surface area contributed by atoms with Gasteiger partial charge >= 0.3 is 0 Å². The molecule has 0 saturated carbocycles. The smallest absolute Gasteiger partial charge is 0.271 e. The highest BCUT2D eigenvalue weighted by molar-refractivity contribution is 6.30. The Morgan fingerprint density at radius 3 is 1.93 bits per heavy atom. The van der Waals surface area contributed by atoms with Crippen molar-refractivity contribution in [1.82, 2.24) is 14.9 Å². The van der Waals surface area contributed by atoms with Crippen LogP contribution in [0.25, 0.3) is 5.69 Å². The van der Waals surface area contributed by atoms with Crippen LogP contribution in [0.4, 0.5) is 0 Å². The number of carbonyl (C=O) groups excluding carboxylic acids is 3. The number of benzene rings is 2. The first-order valence-electron chi connectivity index (χ1n) is 8.14. The van der Waals surface area contributed by atoms with Gasteiger partial charge < -0.3 is 19.5 Å². The molecule has 2 aromatic carbocycles. The molecule has 0 aliphatic heterocycles. The summed E-state index contributed by atoms with van der Waals surface area (Å²) in [6.07, 6.45) is 1.71. The largest absolute Gasteiger partial charge is 0.354 e. The summed E-state index contributed by atoms with van der Waals surface area (Å²) in [6, 6.07) is 17.6. The SMILES string of the molecule is C=O.C=O.CNC(=O)c1cn(-c2ccc(Cl)cc2)c(C)n1.Cc1ccccc1. The average molecular weight is 402 g/mol. The van der Waals surface area contributed by atoms with Crippen molar-refractivity contribution in [3.05, 3.63) is 82.9 Å². The molecule has 1 heterocycles. The molecule has 0 saturated heterocycles. The molecule has 3 rings (SSSR count). The van der Waals surface area contributed by atoms with Crippen molar-refractivity contribution in [2.75, 3.05) is 7.05 Å². The Bertz CT molecular complexity index is 832. The van der Waals surface area contributed by atoms with E-state index in [0.717, 1.165) is 11.5 Å². The van der Waals surface area contributed by atoms with E-state index in [0.29, 0.717) is 10.7 Å². The third-order valence-electron chi connectivity index (χ3n) is 3.39. The van der Waals surface area contributed by atoms with Gasteiger partial charge in [0, 0.05) is 24.0 Å². The molecular weight excluding hydrogens is 378 g/mol. The molecule has 0 aliphatic rings. The summed E-state index contributed by atoms with van der Waals surface area (Å²) in [4.78, 5) is 31.7. The maximum atomic E-state index is 11.5. The molecule has 0 bridgehead atoms. The third-order valence-corrected chi connectivity index (χ3v) is 3.64. The molecule has 3 aromatic rings. The first kappa shape index (κ1) is 24.8. The molecule has 1 amide bonds. The van der Waals surface area contributed by atoms with Crippen molar-refractivity contribution >= 4 is 31.1 Å². The van der Waals surface area contributed by atoms with Crippen LogP contribution < -0.4 is 5.32 Å². The lowest BCUT2D eigenvalue weighted by Gasteiger charge is -2.03. The van der Waals surface area contributed by atoms with Crippen molar-refractivity contribution in [1.29, 1.82) is 0 Å². The van der Waals surface area contributed by atoms with Crippen LogP contribution in [0, 0.1) is 13.8 Å². The first-order valence-corrected chi connectivity index (χ1v) is 8.52. The van der Waals surface area contributed by atoms with Crippen molar-refractivity contribution < 1.29 is 14.4 Å². The van der Waals surface area contributed by atoms with Crippen molar-refractivity contribution in [3.63, 3.8) is 0 Å². The third kappa shape index (κ3) is 7.97. The Morgan fingerprint density at radius 2 is 1.50 bits per heavy atom. The van der Waals surface area contributed by atoms with E-state index in [1.54, 1.807) is 25.4 Å². The quantitative estimate of drug-likeness (QED) is 0.707. The Morgan fingerprint density at radius 1 is 0.964 bits per heavy atom. The Labute approximate surface area is 170 Å². The second kappa shape index (κ2) is 13.9. The highest BCUT2D eigenvalue weighted by atomic mass is 35.5. The molecule has 7 heteroatoms. The van der Waals surface area contributed by atoms with Crippen LogP contribution in [0.2, 0.25) is 5.02 Å². The van der Waals surface area contributed by atoms with Gasteiger partial charge in [-0.2, -0.15) is 0 Å². The molecule has 6 nitrogen and oxygen atoms in total. The molecule has 0 fully saturated rings. The summed E-state index contributed by atoms with van der Waals surface area (Å²) in [6.45, 7) is 7.93. The van der Waals surface area contributed by atoms with Crippen LogP contribution in [-0.4, -0.2) is 36.1 Å². The number of aryl methyl sites for hydroxylation is 2. The monoisotopic (exact) mass is 401 g/mol. The fourth-order valence-electron chi connectivity index (χ4n) is 2.11. The summed E-state index contributed by atoms with van der Waals surface area (Å²) in [7, 11) is 1.58. The lowest BCUT2D eigenvalue weighted by molar-refractivity contribution is -0.0987. The summed E-state index contributed by atoms with van der Waals surface area (Å²) < 4.78 is 1.85. The standard InChI is InChI=1S/C12H12ClN3O.C7H8.2CH2O/c1-8-15-11(12(17)14-2)7-16(8)10-5-3-9(13)4-6-10;1-7-5-3-2-4-6-7;2*1-2/h3-7H,1-2H3,(H,14,17);2-6H,1H3;2*1H2. The predicted octanol–water partition coefficient (Wildman–Crippen LogP) is 3.82. The normalized spacial score (nSPS) is 8.71. The number of hydrogen-bond donors (Lipinski definition) is 1. The number of halogens is 1. The fraction of sp³-hybridized carbons (Fsp3) is 0.143. The van der Waals surface area contributed by atoms with E-state index < -0.39 is 0 Å². The lowest BCUT2D eigenvalue weighted by Crippen LogP contribution is -2.18. The van der Waals surface area contributed by atoms with Gasteiger partial charge in [-0.1, -0.05) is 47.5 Å². The van der Waals surface area contributed by atoms with Gasteiger partial charge in [-0.25, -0.2) is 4.98 Å². The van der Waals surface area contributed by atoms with Gasteiger partial charge in [0.15, 0.2) is 0 Å². The molecule has 0 spiro atoms. The van der Waals surface area contributed by atoms with E-state index in [9.17, 15) is 4.79 Å². The number of aromatic nitrogens is 2. The van der Waals surface area contributed by atoms with E-state index in [1.807, 2.05) is 55.4 Å². The Kier molecular flexibility index (Phi) is 12.3. The summed E-state index contributed by atoms with van der Waals surface area (Å²) in [5, 5.41) is 3.23. The Hall–Kier alpha value is -3.25. The number of hydrogen-bond acceptors (Lipinski definition) is 4. The van der Waals surface area contributed by atoms with E-state index >= 15 is 0 Å². The number of nitrogens with zero attached hydrogens (tertiary/aromatic N) is 2.